The summed E-state index contributed by atoms with van der Waals surface area (Å²) in [7, 11) is -3.79. The first-order valence-electron chi connectivity index (χ1n) is 9.82. The van der Waals surface area contributed by atoms with Gasteiger partial charge in [0.1, 0.15) is 15.5 Å². The molecule has 0 amide bonds. The van der Waals surface area contributed by atoms with Crippen LogP contribution in [0.1, 0.15) is 61.5 Å². The number of H-pyrrole nitrogens is 1. The zero-order valence-corrected chi connectivity index (χ0v) is 19.2. The number of Topliss-reactive ketones (excluding diaryl/α,β-unsaturated/α-hetero) is 1. The minimum atomic E-state index is -3.79. The zero-order chi connectivity index (χ0) is 22.8. The van der Waals surface area contributed by atoms with E-state index >= 15 is 0 Å². The number of ether oxygens (including phenoxy) is 2. The van der Waals surface area contributed by atoms with E-state index in [1.807, 2.05) is 0 Å². The average Bonchev–Trinajstić information content (AvgIpc) is 3.46. The average molecular weight is 469 g/mol. The van der Waals surface area contributed by atoms with Crippen LogP contribution in [0.15, 0.2) is 16.3 Å². The molecule has 1 aliphatic rings. The molecule has 0 aliphatic carbocycles. The number of thiophene rings is 1. The summed E-state index contributed by atoms with van der Waals surface area (Å²) in [5, 5.41) is 1.51. The van der Waals surface area contributed by atoms with Crippen molar-refractivity contribution in [3.63, 3.8) is 0 Å². The summed E-state index contributed by atoms with van der Waals surface area (Å²) in [5.74, 6) is -1.96. The third-order valence-corrected chi connectivity index (χ3v) is 7.99. The van der Waals surface area contributed by atoms with Crippen molar-refractivity contribution in [1.82, 2.24) is 9.29 Å². The number of aryl methyl sites for hydroxylation is 1. The van der Waals surface area contributed by atoms with Crippen LogP contribution in [0.2, 0.25) is 0 Å². The number of sulfonamides is 1. The minimum Gasteiger partial charge on any atom is -0.461 e. The molecule has 0 spiro atoms. The van der Waals surface area contributed by atoms with Gasteiger partial charge in [-0.2, -0.15) is 4.31 Å². The molecule has 31 heavy (non-hydrogen) atoms. The van der Waals surface area contributed by atoms with E-state index in [2.05, 4.69) is 4.98 Å². The van der Waals surface area contributed by atoms with Gasteiger partial charge in [0.15, 0.2) is 6.61 Å². The van der Waals surface area contributed by atoms with E-state index in [0.29, 0.717) is 24.3 Å². The Morgan fingerprint density at radius 1 is 1.13 bits per heavy atom. The van der Waals surface area contributed by atoms with E-state index in [1.165, 1.54) is 15.8 Å². The fraction of sp³-hybridized carbons (Fsp3) is 0.450. The Morgan fingerprint density at radius 3 is 2.45 bits per heavy atom. The predicted molar refractivity (Wildman–Crippen MR) is 113 cm³/mol. The molecule has 0 radical (unpaired) electrons. The van der Waals surface area contributed by atoms with Crippen LogP contribution in [0.5, 0.6) is 0 Å². The molecule has 3 rings (SSSR count). The molecular formula is C20H24N2O7S2. The van der Waals surface area contributed by atoms with Crippen LogP contribution < -0.4 is 0 Å². The van der Waals surface area contributed by atoms with Gasteiger partial charge in [-0.3, -0.25) is 4.79 Å². The SMILES string of the molecule is CCOC(=O)c1[nH]c(C)c(C(=O)COC(=O)c2sccc2S(=O)(=O)N2CCCC2)c1C. The van der Waals surface area contributed by atoms with Gasteiger partial charge >= 0.3 is 11.9 Å². The van der Waals surface area contributed by atoms with Gasteiger partial charge in [-0.15, -0.1) is 11.3 Å². The number of aromatic nitrogens is 1. The lowest BCUT2D eigenvalue weighted by Crippen LogP contribution is -2.29. The van der Waals surface area contributed by atoms with Gasteiger partial charge in [0, 0.05) is 24.3 Å². The van der Waals surface area contributed by atoms with E-state index in [-0.39, 0.29) is 27.6 Å². The van der Waals surface area contributed by atoms with Crippen LogP contribution in [-0.4, -0.2) is 61.7 Å². The van der Waals surface area contributed by atoms with Crippen LogP contribution in [0.25, 0.3) is 0 Å². The largest absolute Gasteiger partial charge is 0.461 e. The Hall–Kier alpha value is -2.50. The molecule has 3 heterocycles. The second kappa shape index (κ2) is 9.33. The lowest BCUT2D eigenvalue weighted by Gasteiger charge is -2.15. The number of nitrogens with zero attached hydrogens (tertiary/aromatic N) is 1. The molecule has 1 saturated heterocycles. The Balaban J connectivity index is 1.74. The highest BCUT2D eigenvalue weighted by molar-refractivity contribution is 7.89. The second-order valence-electron chi connectivity index (χ2n) is 7.07. The number of esters is 2. The van der Waals surface area contributed by atoms with E-state index in [1.54, 1.807) is 20.8 Å². The topological polar surface area (TPSA) is 123 Å². The molecule has 0 atom stereocenters. The van der Waals surface area contributed by atoms with Crippen LogP contribution in [0.4, 0.5) is 0 Å². The predicted octanol–water partition coefficient (Wildman–Crippen LogP) is 2.69. The summed E-state index contributed by atoms with van der Waals surface area (Å²) < 4.78 is 37.0. The molecule has 2 aromatic heterocycles. The van der Waals surface area contributed by atoms with Gasteiger partial charge in [0.05, 0.1) is 6.61 Å². The van der Waals surface area contributed by atoms with Gasteiger partial charge in [-0.25, -0.2) is 18.0 Å². The number of carbonyl (C=O) groups excluding carboxylic acids is 3. The molecule has 0 saturated carbocycles. The smallest absolute Gasteiger partial charge is 0.355 e. The highest BCUT2D eigenvalue weighted by Crippen LogP contribution is 2.28. The number of hydrogen-bond donors (Lipinski definition) is 1. The number of rotatable bonds is 8. The van der Waals surface area contributed by atoms with E-state index < -0.39 is 34.4 Å². The van der Waals surface area contributed by atoms with E-state index in [4.69, 9.17) is 9.47 Å². The van der Waals surface area contributed by atoms with Gasteiger partial charge in [-0.05, 0) is 50.6 Å². The maximum atomic E-state index is 12.8. The van der Waals surface area contributed by atoms with Gasteiger partial charge in [-0.1, -0.05) is 0 Å². The van der Waals surface area contributed by atoms with E-state index in [0.717, 1.165) is 24.2 Å². The molecule has 1 N–H and O–H groups in total. The fourth-order valence-electron chi connectivity index (χ4n) is 3.56. The Labute approximate surface area is 184 Å². The van der Waals surface area contributed by atoms with Crippen molar-refractivity contribution in [2.45, 2.75) is 38.5 Å². The van der Waals surface area contributed by atoms with Crippen molar-refractivity contribution in [2.24, 2.45) is 0 Å². The molecule has 168 valence electrons. The summed E-state index contributed by atoms with van der Waals surface area (Å²) in [6, 6.07) is 1.38. The summed E-state index contributed by atoms with van der Waals surface area (Å²) in [6.07, 6.45) is 1.56. The van der Waals surface area contributed by atoms with Crippen LogP contribution in [0.3, 0.4) is 0 Å². The van der Waals surface area contributed by atoms with Crippen molar-refractivity contribution in [2.75, 3.05) is 26.3 Å². The molecule has 1 fully saturated rings. The highest BCUT2D eigenvalue weighted by atomic mass is 32.2. The first kappa shape index (κ1) is 23.2. The van der Waals surface area contributed by atoms with Crippen molar-refractivity contribution in [3.05, 3.63) is 38.8 Å². The van der Waals surface area contributed by atoms with Crippen molar-refractivity contribution >= 4 is 39.1 Å². The number of hydrogen-bond acceptors (Lipinski definition) is 8. The number of aromatic amines is 1. The Morgan fingerprint density at radius 2 is 1.81 bits per heavy atom. The molecule has 11 heteroatoms. The van der Waals surface area contributed by atoms with Crippen LogP contribution >= 0.6 is 11.3 Å². The maximum absolute atomic E-state index is 12.8. The van der Waals surface area contributed by atoms with Gasteiger partial charge in [0.25, 0.3) is 0 Å². The molecule has 0 bridgehead atoms. The summed E-state index contributed by atoms with van der Waals surface area (Å²) in [4.78, 5) is 39.9. The van der Waals surface area contributed by atoms with Gasteiger partial charge < -0.3 is 14.5 Å². The van der Waals surface area contributed by atoms with Gasteiger partial charge in [0.2, 0.25) is 15.8 Å². The van der Waals surface area contributed by atoms with Crippen molar-refractivity contribution < 1.29 is 32.3 Å². The first-order valence-corrected chi connectivity index (χ1v) is 12.1. The Kier molecular flexibility index (Phi) is 6.97. The van der Waals surface area contributed by atoms with Crippen molar-refractivity contribution in [3.8, 4) is 0 Å². The Bertz CT molecular complexity index is 1110. The normalized spacial score (nSPS) is 14.5. The summed E-state index contributed by atoms with van der Waals surface area (Å²) in [6.45, 7) is 5.36. The quantitative estimate of drug-likeness (QED) is 0.467. The van der Waals surface area contributed by atoms with E-state index in [9.17, 15) is 22.8 Å². The van der Waals surface area contributed by atoms with Crippen LogP contribution in [-0.2, 0) is 19.5 Å². The minimum absolute atomic E-state index is 0.0607. The fourth-order valence-corrected chi connectivity index (χ4v) is 6.36. The molecule has 1 aliphatic heterocycles. The number of nitrogens with one attached hydrogen (secondary N) is 1. The molecule has 0 aromatic carbocycles. The maximum Gasteiger partial charge on any atom is 0.355 e. The molecule has 9 nitrogen and oxygen atoms in total. The molecule has 0 unspecified atom stereocenters. The zero-order valence-electron chi connectivity index (χ0n) is 17.5. The first-order chi connectivity index (χ1) is 14.7. The highest BCUT2D eigenvalue weighted by Gasteiger charge is 2.33. The van der Waals surface area contributed by atoms with Crippen molar-refractivity contribution in [1.29, 1.82) is 0 Å². The van der Waals surface area contributed by atoms with Crippen LogP contribution in [0, 0.1) is 13.8 Å². The molecular weight excluding hydrogens is 444 g/mol. The molecule has 2 aromatic rings. The number of carbonyl (C=O) groups is 3. The third-order valence-electron chi connectivity index (χ3n) is 5.03. The summed E-state index contributed by atoms with van der Waals surface area (Å²) >= 11 is 0.952. The lowest BCUT2D eigenvalue weighted by atomic mass is 10.1. The third kappa shape index (κ3) is 4.58. The summed E-state index contributed by atoms with van der Waals surface area (Å²) in [5.41, 5.74) is 1.28. The standard InChI is InChI=1S/C20H24N2O7S2/c1-4-28-19(24)17-12(2)16(13(3)21-17)14(23)11-29-20(25)18-15(7-10-30-18)31(26,27)22-8-5-6-9-22/h7,10,21H,4-6,8-9,11H2,1-3H3. The second-order valence-corrected chi connectivity index (χ2v) is 9.89. The number of ketones is 1. The lowest BCUT2D eigenvalue weighted by molar-refractivity contribution is 0.0474. The monoisotopic (exact) mass is 468 g/mol.